The summed E-state index contributed by atoms with van der Waals surface area (Å²) in [6.45, 7) is 5.77. The number of aromatic nitrogens is 4. The molecule has 6 nitrogen and oxygen atoms in total. The van der Waals surface area contributed by atoms with Gasteiger partial charge in [0.05, 0.1) is 17.3 Å². The number of hydrogen-bond donors (Lipinski definition) is 0. The molecule has 1 aliphatic rings. The fourth-order valence-electron chi connectivity index (χ4n) is 3.89. The van der Waals surface area contributed by atoms with E-state index >= 15 is 0 Å². The molecule has 29 heavy (non-hydrogen) atoms. The van der Waals surface area contributed by atoms with Crippen molar-refractivity contribution in [2.24, 2.45) is 0 Å². The van der Waals surface area contributed by atoms with Crippen molar-refractivity contribution in [1.29, 1.82) is 0 Å². The van der Waals surface area contributed by atoms with Gasteiger partial charge in [0.2, 0.25) is 0 Å². The molecule has 0 bridgehead atoms. The van der Waals surface area contributed by atoms with Crippen molar-refractivity contribution in [3.63, 3.8) is 0 Å². The number of hydrogen-bond acceptors (Lipinski definition) is 5. The summed E-state index contributed by atoms with van der Waals surface area (Å²) in [6, 6.07) is 16.4. The van der Waals surface area contributed by atoms with E-state index in [1.54, 1.807) is 6.33 Å². The van der Waals surface area contributed by atoms with Crippen LogP contribution in [0.2, 0.25) is 5.02 Å². The van der Waals surface area contributed by atoms with Crippen LogP contribution in [0.5, 0.6) is 0 Å². The van der Waals surface area contributed by atoms with Crippen LogP contribution in [0.1, 0.15) is 5.56 Å². The van der Waals surface area contributed by atoms with Gasteiger partial charge in [-0.15, -0.1) is 0 Å². The Kier molecular flexibility index (Phi) is 4.56. The first-order valence-electron chi connectivity index (χ1n) is 9.71. The van der Waals surface area contributed by atoms with E-state index in [2.05, 4.69) is 55.2 Å². The maximum atomic E-state index is 6.22. The van der Waals surface area contributed by atoms with Crippen LogP contribution in [0.4, 0.5) is 11.5 Å². The molecule has 3 heterocycles. The summed E-state index contributed by atoms with van der Waals surface area (Å²) >= 11 is 6.22. The van der Waals surface area contributed by atoms with Gasteiger partial charge in [-0.3, -0.25) is 0 Å². The van der Waals surface area contributed by atoms with Crippen molar-refractivity contribution in [2.45, 2.75) is 6.92 Å². The van der Waals surface area contributed by atoms with Gasteiger partial charge in [-0.1, -0.05) is 35.9 Å². The lowest BCUT2D eigenvalue weighted by molar-refractivity contribution is 0.649. The van der Waals surface area contributed by atoms with Gasteiger partial charge >= 0.3 is 0 Å². The summed E-state index contributed by atoms with van der Waals surface area (Å²) in [5.41, 5.74) is 4.09. The Morgan fingerprint density at radius 3 is 2.45 bits per heavy atom. The van der Waals surface area contributed by atoms with Crippen LogP contribution in [-0.4, -0.2) is 45.9 Å². The third-order valence-electron chi connectivity index (χ3n) is 5.44. The number of nitrogens with zero attached hydrogens (tertiary/aromatic N) is 6. The highest BCUT2D eigenvalue weighted by atomic mass is 35.5. The van der Waals surface area contributed by atoms with Crippen molar-refractivity contribution in [3.05, 3.63) is 71.6 Å². The lowest BCUT2D eigenvalue weighted by Crippen LogP contribution is -2.46. The maximum absolute atomic E-state index is 6.22. The van der Waals surface area contributed by atoms with Gasteiger partial charge in [-0.25, -0.2) is 14.6 Å². The first kappa shape index (κ1) is 17.9. The molecule has 146 valence electrons. The minimum Gasteiger partial charge on any atom is -0.368 e. The Morgan fingerprint density at radius 1 is 0.897 bits per heavy atom. The summed E-state index contributed by atoms with van der Waals surface area (Å²) in [4.78, 5) is 13.8. The van der Waals surface area contributed by atoms with Crippen LogP contribution >= 0.6 is 11.6 Å². The number of halogens is 1. The SMILES string of the molecule is Cc1ccc(Cl)cc1-n1ncc2c(N3CCN(c4ccccc4)CC3)ncnc21. The molecule has 4 aromatic rings. The fraction of sp³-hybridized carbons (Fsp3) is 0.227. The molecule has 0 amide bonds. The number of anilines is 2. The Hall–Kier alpha value is -3.12. The largest absolute Gasteiger partial charge is 0.368 e. The number of rotatable bonds is 3. The molecule has 2 aromatic carbocycles. The smallest absolute Gasteiger partial charge is 0.168 e. The average Bonchev–Trinajstić information content (AvgIpc) is 3.20. The zero-order valence-corrected chi connectivity index (χ0v) is 16.9. The number of para-hydroxylation sites is 1. The molecule has 2 aromatic heterocycles. The molecule has 0 aliphatic carbocycles. The predicted octanol–water partition coefficient (Wildman–Crippen LogP) is 4.10. The predicted molar refractivity (Wildman–Crippen MR) is 117 cm³/mol. The molecule has 1 aliphatic heterocycles. The van der Waals surface area contributed by atoms with Gasteiger partial charge in [0.1, 0.15) is 12.1 Å². The zero-order valence-electron chi connectivity index (χ0n) is 16.2. The van der Waals surface area contributed by atoms with Crippen molar-refractivity contribution in [3.8, 4) is 5.69 Å². The van der Waals surface area contributed by atoms with Crippen LogP contribution in [0.3, 0.4) is 0 Å². The summed E-state index contributed by atoms with van der Waals surface area (Å²) in [5.74, 6) is 0.939. The van der Waals surface area contributed by atoms with E-state index in [1.807, 2.05) is 36.0 Å². The van der Waals surface area contributed by atoms with E-state index < -0.39 is 0 Å². The van der Waals surface area contributed by atoms with Crippen molar-refractivity contribution < 1.29 is 0 Å². The Bertz CT molecular complexity index is 1150. The van der Waals surface area contributed by atoms with Gasteiger partial charge in [0.15, 0.2) is 5.65 Å². The van der Waals surface area contributed by atoms with Gasteiger partial charge in [0, 0.05) is 36.9 Å². The van der Waals surface area contributed by atoms with Crippen molar-refractivity contribution in [2.75, 3.05) is 36.0 Å². The molecule has 5 rings (SSSR count). The molecular formula is C22H21ClN6. The van der Waals surface area contributed by atoms with Gasteiger partial charge in [-0.2, -0.15) is 5.10 Å². The van der Waals surface area contributed by atoms with Crippen LogP contribution in [0.25, 0.3) is 16.7 Å². The van der Waals surface area contributed by atoms with E-state index in [9.17, 15) is 0 Å². The van der Waals surface area contributed by atoms with E-state index in [4.69, 9.17) is 11.6 Å². The molecule has 0 saturated carbocycles. The molecule has 0 radical (unpaired) electrons. The van der Waals surface area contributed by atoms with Crippen LogP contribution in [-0.2, 0) is 0 Å². The lowest BCUT2D eigenvalue weighted by Gasteiger charge is -2.36. The van der Waals surface area contributed by atoms with Gasteiger partial charge < -0.3 is 9.80 Å². The topological polar surface area (TPSA) is 50.1 Å². The average molecular weight is 405 g/mol. The highest BCUT2D eigenvalue weighted by Gasteiger charge is 2.22. The molecule has 0 spiro atoms. The van der Waals surface area contributed by atoms with E-state index in [1.165, 1.54) is 5.69 Å². The Balaban J connectivity index is 1.45. The summed E-state index contributed by atoms with van der Waals surface area (Å²) in [5, 5.41) is 6.24. The molecule has 0 N–H and O–H groups in total. The number of aryl methyl sites for hydroxylation is 1. The van der Waals surface area contributed by atoms with Crippen LogP contribution < -0.4 is 9.80 Å². The molecular weight excluding hydrogens is 384 g/mol. The summed E-state index contributed by atoms with van der Waals surface area (Å²) in [6.07, 6.45) is 3.48. The minimum atomic E-state index is 0.681. The first-order valence-corrected chi connectivity index (χ1v) is 10.1. The fourth-order valence-corrected chi connectivity index (χ4v) is 4.05. The minimum absolute atomic E-state index is 0.681. The molecule has 1 fully saturated rings. The summed E-state index contributed by atoms with van der Waals surface area (Å²) < 4.78 is 1.85. The third-order valence-corrected chi connectivity index (χ3v) is 5.68. The van der Waals surface area contributed by atoms with Crippen molar-refractivity contribution in [1.82, 2.24) is 19.7 Å². The Labute approximate surface area is 174 Å². The van der Waals surface area contributed by atoms with E-state index in [0.717, 1.165) is 54.3 Å². The van der Waals surface area contributed by atoms with Crippen molar-refractivity contribution >= 4 is 34.1 Å². The zero-order chi connectivity index (χ0) is 19.8. The molecule has 7 heteroatoms. The third kappa shape index (κ3) is 3.29. The number of fused-ring (bicyclic) bond motifs is 1. The van der Waals surface area contributed by atoms with Crippen LogP contribution in [0.15, 0.2) is 61.1 Å². The van der Waals surface area contributed by atoms with Gasteiger partial charge in [-0.05, 0) is 36.8 Å². The second-order valence-electron chi connectivity index (χ2n) is 7.23. The number of piperazine rings is 1. The van der Waals surface area contributed by atoms with Crippen LogP contribution in [0, 0.1) is 6.92 Å². The van der Waals surface area contributed by atoms with E-state index in [-0.39, 0.29) is 0 Å². The quantitative estimate of drug-likeness (QED) is 0.514. The standard InChI is InChI=1S/C22H21ClN6/c1-16-7-8-17(23)13-20(16)29-22-19(14-26-29)21(24-15-25-22)28-11-9-27(10-12-28)18-5-3-2-4-6-18/h2-8,13-15H,9-12H2,1H3. The van der Waals surface area contributed by atoms with E-state index in [0.29, 0.717) is 5.02 Å². The first-order chi connectivity index (χ1) is 14.2. The monoisotopic (exact) mass is 404 g/mol. The maximum Gasteiger partial charge on any atom is 0.168 e. The summed E-state index contributed by atoms with van der Waals surface area (Å²) in [7, 11) is 0. The van der Waals surface area contributed by atoms with Gasteiger partial charge in [0.25, 0.3) is 0 Å². The highest BCUT2D eigenvalue weighted by Crippen LogP contribution is 2.28. The number of benzene rings is 2. The highest BCUT2D eigenvalue weighted by molar-refractivity contribution is 6.30. The molecule has 0 unspecified atom stereocenters. The normalized spacial score (nSPS) is 14.6. The molecule has 0 atom stereocenters. The second kappa shape index (κ2) is 7.37. The second-order valence-corrected chi connectivity index (χ2v) is 7.67. The molecule has 1 saturated heterocycles. The lowest BCUT2D eigenvalue weighted by atomic mass is 10.2. The Morgan fingerprint density at radius 2 is 1.66 bits per heavy atom.